The van der Waals surface area contributed by atoms with Gasteiger partial charge >= 0.3 is 18.0 Å². The first kappa shape index (κ1) is 21.9. The smallest absolute Gasteiger partial charge is 0.412 e. The van der Waals surface area contributed by atoms with Crippen molar-refractivity contribution in [3.05, 3.63) is 30.1 Å². The minimum atomic E-state index is -0.766. The molecule has 2 amide bonds. The number of likely N-dealkylation sites (N-methyl/N-ethyl adjacent to an activating group) is 2. The maximum absolute atomic E-state index is 11.8. The zero-order chi connectivity index (χ0) is 20.2. The van der Waals surface area contributed by atoms with E-state index < -0.39 is 37.3 Å². The second-order valence-electron chi connectivity index (χ2n) is 5.57. The van der Waals surface area contributed by atoms with Crippen LogP contribution in [0.15, 0.2) is 24.4 Å². The van der Waals surface area contributed by atoms with E-state index in [9.17, 15) is 19.2 Å². The highest BCUT2D eigenvalue weighted by Crippen LogP contribution is 1.99. The Labute approximate surface area is 157 Å². The maximum Gasteiger partial charge on any atom is 0.412 e. The summed E-state index contributed by atoms with van der Waals surface area (Å²) in [6.07, 6.45) is 1.57. The summed E-state index contributed by atoms with van der Waals surface area (Å²) in [6.45, 7) is 0.153. The lowest BCUT2D eigenvalue weighted by atomic mass is 10.2. The van der Waals surface area contributed by atoms with E-state index in [0.29, 0.717) is 13.0 Å². The molecule has 0 fully saturated rings. The Bertz CT molecular complexity index is 651. The quantitative estimate of drug-likeness (QED) is 0.440. The molecule has 0 aromatic carbocycles. The predicted molar refractivity (Wildman–Crippen MR) is 92.3 cm³/mol. The fraction of sp³-hybridized carbons (Fsp3) is 0.471. The van der Waals surface area contributed by atoms with Gasteiger partial charge < -0.3 is 24.0 Å². The van der Waals surface area contributed by atoms with Gasteiger partial charge in [0.1, 0.15) is 6.54 Å². The maximum atomic E-state index is 11.8. The van der Waals surface area contributed by atoms with Crippen molar-refractivity contribution < 1.29 is 33.4 Å². The second-order valence-corrected chi connectivity index (χ2v) is 5.57. The van der Waals surface area contributed by atoms with Crippen molar-refractivity contribution in [3.63, 3.8) is 0 Å². The molecule has 0 saturated carbocycles. The minimum Gasteiger partial charge on any atom is -0.456 e. The summed E-state index contributed by atoms with van der Waals surface area (Å²) in [7, 11) is 2.90. The highest BCUT2D eigenvalue weighted by atomic mass is 16.7. The Morgan fingerprint density at radius 2 is 1.78 bits per heavy atom. The Hall–Kier alpha value is -3.17. The van der Waals surface area contributed by atoms with Gasteiger partial charge in [0, 0.05) is 45.9 Å². The normalized spacial score (nSPS) is 9.89. The SMILES string of the molecule is CC(=O)OCC(=O)N(C)CC(=O)OCOC(=O)N(C)CCc1ccccn1. The van der Waals surface area contributed by atoms with E-state index in [-0.39, 0.29) is 6.54 Å². The number of rotatable bonds is 9. The minimum absolute atomic E-state index is 0.368. The number of hydrogen-bond acceptors (Lipinski definition) is 8. The molecule has 1 heterocycles. The van der Waals surface area contributed by atoms with E-state index in [1.165, 1.54) is 18.9 Å². The molecule has 10 nitrogen and oxygen atoms in total. The molecule has 0 aliphatic rings. The molecule has 1 aromatic heterocycles. The number of nitrogens with zero attached hydrogens (tertiary/aromatic N) is 3. The summed E-state index contributed by atoms with van der Waals surface area (Å²) < 4.78 is 14.1. The third-order valence-electron chi connectivity index (χ3n) is 3.33. The van der Waals surface area contributed by atoms with Gasteiger partial charge in [0.15, 0.2) is 6.61 Å². The molecule has 0 radical (unpaired) electrons. The molecular formula is C17H23N3O7. The molecule has 0 spiro atoms. The van der Waals surface area contributed by atoms with Crippen LogP contribution in [0.4, 0.5) is 4.79 Å². The van der Waals surface area contributed by atoms with Gasteiger partial charge in [0.05, 0.1) is 0 Å². The molecule has 0 bridgehead atoms. The van der Waals surface area contributed by atoms with Crippen molar-refractivity contribution in [1.29, 1.82) is 0 Å². The van der Waals surface area contributed by atoms with E-state index >= 15 is 0 Å². The summed E-state index contributed by atoms with van der Waals surface area (Å²) in [4.78, 5) is 52.2. The van der Waals surface area contributed by atoms with Gasteiger partial charge in [0.2, 0.25) is 6.79 Å². The van der Waals surface area contributed by atoms with Crippen LogP contribution in [0, 0.1) is 0 Å². The van der Waals surface area contributed by atoms with Crippen molar-refractivity contribution in [2.45, 2.75) is 13.3 Å². The molecule has 148 valence electrons. The number of ether oxygens (including phenoxy) is 3. The largest absolute Gasteiger partial charge is 0.456 e. The summed E-state index contributed by atoms with van der Waals surface area (Å²) >= 11 is 0. The Kier molecular flexibility index (Phi) is 9.27. The predicted octanol–water partition coefficient (Wildman–Crippen LogP) is 0.215. The van der Waals surface area contributed by atoms with Gasteiger partial charge in [-0.3, -0.25) is 19.4 Å². The van der Waals surface area contributed by atoms with Crippen LogP contribution in [0.25, 0.3) is 0 Å². The van der Waals surface area contributed by atoms with Crippen molar-refractivity contribution in [3.8, 4) is 0 Å². The average molecular weight is 381 g/mol. The van der Waals surface area contributed by atoms with Gasteiger partial charge in [0.25, 0.3) is 5.91 Å². The van der Waals surface area contributed by atoms with Gasteiger partial charge in [-0.15, -0.1) is 0 Å². The monoisotopic (exact) mass is 381 g/mol. The van der Waals surface area contributed by atoms with Crippen LogP contribution < -0.4 is 0 Å². The average Bonchev–Trinajstić information content (AvgIpc) is 2.64. The van der Waals surface area contributed by atoms with E-state index in [0.717, 1.165) is 10.6 Å². The fourth-order valence-corrected chi connectivity index (χ4v) is 1.78. The molecule has 0 aliphatic heterocycles. The zero-order valence-corrected chi connectivity index (χ0v) is 15.5. The van der Waals surface area contributed by atoms with E-state index in [4.69, 9.17) is 9.47 Å². The van der Waals surface area contributed by atoms with Crippen molar-refractivity contribution in [2.75, 3.05) is 40.6 Å². The van der Waals surface area contributed by atoms with Crippen LogP contribution in [0.1, 0.15) is 12.6 Å². The molecule has 27 heavy (non-hydrogen) atoms. The van der Waals surface area contributed by atoms with Gasteiger partial charge in [-0.2, -0.15) is 0 Å². The van der Waals surface area contributed by atoms with Crippen LogP contribution in [0.3, 0.4) is 0 Å². The lowest BCUT2D eigenvalue weighted by molar-refractivity contribution is -0.157. The number of carbonyl (C=O) groups excluding carboxylic acids is 4. The zero-order valence-electron chi connectivity index (χ0n) is 15.5. The van der Waals surface area contributed by atoms with Gasteiger partial charge in [-0.05, 0) is 12.1 Å². The number of aromatic nitrogens is 1. The van der Waals surface area contributed by atoms with E-state index in [2.05, 4.69) is 9.72 Å². The van der Waals surface area contributed by atoms with Crippen LogP contribution in [-0.2, 0) is 35.0 Å². The lowest BCUT2D eigenvalue weighted by Gasteiger charge is -2.18. The molecule has 0 atom stereocenters. The highest BCUT2D eigenvalue weighted by molar-refractivity contribution is 5.84. The highest BCUT2D eigenvalue weighted by Gasteiger charge is 2.16. The first-order valence-electron chi connectivity index (χ1n) is 8.10. The van der Waals surface area contributed by atoms with Crippen molar-refractivity contribution >= 4 is 23.9 Å². The standard InChI is InChI=1S/C17H23N3O7/c1-13(21)25-11-15(22)20(3)10-16(23)26-12-27-17(24)19(2)9-7-14-6-4-5-8-18-14/h4-6,8H,7,9-12H2,1-3H3. The Balaban J connectivity index is 2.22. The van der Waals surface area contributed by atoms with Crippen LogP contribution in [0.2, 0.25) is 0 Å². The Morgan fingerprint density at radius 3 is 2.41 bits per heavy atom. The number of pyridine rings is 1. The van der Waals surface area contributed by atoms with E-state index in [1.807, 2.05) is 12.1 Å². The summed E-state index contributed by atoms with van der Waals surface area (Å²) in [5.74, 6) is -1.93. The molecule has 0 unspecified atom stereocenters. The second kappa shape index (κ2) is 11.4. The summed E-state index contributed by atoms with van der Waals surface area (Å²) in [5, 5.41) is 0. The van der Waals surface area contributed by atoms with E-state index in [1.54, 1.807) is 19.3 Å². The van der Waals surface area contributed by atoms with Crippen LogP contribution >= 0.6 is 0 Å². The summed E-state index contributed by atoms with van der Waals surface area (Å²) in [5.41, 5.74) is 0.838. The number of hydrogen-bond donors (Lipinski definition) is 0. The summed E-state index contributed by atoms with van der Waals surface area (Å²) in [6, 6.07) is 5.51. The number of carbonyl (C=O) groups is 4. The molecule has 1 aromatic rings. The topological polar surface area (TPSA) is 115 Å². The lowest BCUT2D eigenvalue weighted by Crippen LogP contribution is -2.36. The molecule has 10 heteroatoms. The van der Waals surface area contributed by atoms with Crippen molar-refractivity contribution in [1.82, 2.24) is 14.8 Å². The number of esters is 2. The van der Waals surface area contributed by atoms with Gasteiger partial charge in [-0.25, -0.2) is 4.79 Å². The van der Waals surface area contributed by atoms with Crippen LogP contribution in [0.5, 0.6) is 0 Å². The molecule has 0 N–H and O–H groups in total. The van der Waals surface area contributed by atoms with Crippen molar-refractivity contribution in [2.24, 2.45) is 0 Å². The Morgan fingerprint density at radius 1 is 1.04 bits per heavy atom. The molecule has 0 aliphatic carbocycles. The molecule has 0 saturated heterocycles. The first-order valence-corrected chi connectivity index (χ1v) is 8.10. The fourth-order valence-electron chi connectivity index (χ4n) is 1.78. The third kappa shape index (κ3) is 9.19. The molecule has 1 rings (SSSR count). The third-order valence-corrected chi connectivity index (χ3v) is 3.33. The molecular weight excluding hydrogens is 358 g/mol. The van der Waals surface area contributed by atoms with Crippen LogP contribution in [-0.4, -0.2) is 79.3 Å². The number of amides is 2. The van der Waals surface area contributed by atoms with Gasteiger partial charge in [-0.1, -0.05) is 6.07 Å². The first-order chi connectivity index (χ1) is 12.8.